The number of hydrogen-bond donors (Lipinski definition) is 3. The van der Waals surface area contributed by atoms with Gasteiger partial charge in [-0.1, -0.05) is 24.3 Å². The van der Waals surface area contributed by atoms with Crippen molar-refractivity contribution in [2.45, 2.75) is 32.9 Å². The number of benzene rings is 2. The largest absolute Gasteiger partial charge is 0.506 e. The van der Waals surface area contributed by atoms with Crippen LogP contribution < -0.4 is 5.73 Å². The number of aromatic hydroxyl groups is 2. The van der Waals surface area contributed by atoms with E-state index in [1.54, 1.807) is 40.7 Å². The number of carbonyl (C=O) groups excluding carboxylic acids is 3. The van der Waals surface area contributed by atoms with Gasteiger partial charge in [0.25, 0.3) is 5.91 Å². The molecular formula is C24H23N3O5. The summed E-state index contributed by atoms with van der Waals surface area (Å²) in [6, 6.07) is 6.35. The predicted octanol–water partition coefficient (Wildman–Crippen LogP) is 2.33. The fraction of sp³-hybridized carbons (Fsp3) is 0.292. The molecule has 5 rings (SSSR count). The second-order valence-corrected chi connectivity index (χ2v) is 8.38. The Morgan fingerprint density at radius 2 is 1.66 bits per heavy atom. The third-order valence-corrected chi connectivity index (χ3v) is 6.62. The van der Waals surface area contributed by atoms with Gasteiger partial charge in [-0.25, -0.2) is 0 Å². The Morgan fingerprint density at radius 3 is 2.19 bits per heavy atom. The first-order valence-corrected chi connectivity index (χ1v) is 10.6. The molecular weight excluding hydrogens is 410 g/mol. The van der Waals surface area contributed by atoms with Gasteiger partial charge in [-0.3, -0.25) is 14.4 Å². The van der Waals surface area contributed by atoms with Crippen molar-refractivity contribution in [1.29, 1.82) is 0 Å². The number of ketones is 2. The van der Waals surface area contributed by atoms with E-state index in [0.717, 1.165) is 0 Å². The van der Waals surface area contributed by atoms with Crippen molar-refractivity contribution in [1.82, 2.24) is 9.47 Å². The second kappa shape index (κ2) is 6.93. The minimum absolute atomic E-state index is 0.0164. The lowest BCUT2D eigenvalue weighted by Gasteiger charge is -2.21. The molecule has 1 atom stereocenters. The highest BCUT2D eigenvalue weighted by Gasteiger charge is 2.43. The van der Waals surface area contributed by atoms with E-state index in [1.165, 1.54) is 0 Å². The Hall–Kier alpha value is -3.65. The third kappa shape index (κ3) is 2.50. The standard InChI is InChI=1S/C24H23N3O5/c1-3-27-11(2)15(24(32)26-9-8-12(25)10-26)16-19(27)23(31)18-17(22(16)30)20(28)13-6-4-5-7-14(13)21(18)29/h4-7,12,28-29H,3,8-10,25H2,1-2H3/t12-/m0/s1. The number of phenolic OH excluding ortho intramolecular Hbond substituents is 2. The molecule has 0 unspecified atom stereocenters. The minimum Gasteiger partial charge on any atom is -0.506 e. The van der Waals surface area contributed by atoms with Crippen LogP contribution in [0.25, 0.3) is 10.8 Å². The van der Waals surface area contributed by atoms with Crippen molar-refractivity contribution in [3.8, 4) is 11.5 Å². The van der Waals surface area contributed by atoms with E-state index in [9.17, 15) is 24.6 Å². The summed E-state index contributed by atoms with van der Waals surface area (Å²) in [7, 11) is 0. The first-order valence-electron chi connectivity index (χ1n) is 10.6. The smallest absolute Gasteiger partial charge is 0.256 e. The number of nitrogens with two attached hydrogens (primary N) is 1. The molecule has 1 fully saturated rings. The zero-order chi connectivity index (χ0) is 22.9. The number of hydrogen-bond acceptors (Lipinski definition) is 6. The molecule has 32 heavy (non-hydrogen) atoms. The number of aromatic nitrogens is 1. The molecule has 0 saturated carbocycles. The highest BCUT2D eigenvalue weighted by atomic mass is 16.3. The molecule has 164 valence electrons. The van der Waals surface area contributed by atoms with Gasteiger partial charge in [-0.05, 0) is 20.3 Å². The van der Waals surface area contributed by atoms with E-state index in [0.29, 0.717) is 31.7 Å². The zero-order valence-electron chi connectivity index (χ0n) is 17.8. The molecule has 1 aromatic heterocycles. The number of nitrogens with zero attached hydrogens (tertiary/aromatic N) is 2. The normalized spacial score (nSPS) is 17.7. The van der Waals surface area contributed by atoms with Gasteiger partial charge >= 0.3 is 0 Å². The lowest BCUT2D eigenvalue weighted by molar-refractivity contribution is 0.0785. The summed E-state index contributed by atoms with van der Waals surface area (Å²) in [5.41, 5.74) is 6.19. The molecule has 1 saturated heterocycles. The van der Waals surface area contributed by atoms with Crippen LogP contribution in [0.2, 0.25) is 0 Å². The molecule has 8 heteroatoms. The second-order valence-electron chi connectivity index (χ2n) is 8.38. The summed E-state index contributed by atoms with van der Waals surface area (Å²) in [5.74, 6) is -2.31. The minimum atomic E-state index is -0.643. The van der Waals surface area contributed by atoms with E-state index < -0.39 is 11.6 Å². The molecule has 0 spiro atoms. The highest BCUT2D eigenvalue weighted by Crippen LogP contribution is 2.45. The van der Waals surface area contributed by atoms with Gasteiger partial charge in [0.1, 0.15) is 17.2 Å². The lowest BCUT2D eigenvalue weighted by Crippen LogP contribution is -2.33. The average molecular weight is 433 g/mol. The van der Waals surface area contributed by atoms with Crippen molar-refractivity contribution in [2.75, 3.05) is 13.1 Å². The molecule has 2 heterocycles. The van der Waals surface area contributed by atoms with Gasteiger partial charge in [0.15, 0.2) is 0 Å². The van der Waals surface area contributed by atoms with E-state index >= 15 is 0 Å². The Kier molecular flexibility index (Phi) is 4.39. The molecule has 2 aliphatic rings. The van der Waals surface area contributed by atoms with E-state index in [2.05, 4.69) is 0 Å². The Balaban J connectivity index is 1.81. The maximum Gasteiger partial charge on any atom is 0.256 e. The molecule has 4 N–H and O–H groups in total. The van der Waals surface area contributed by atoms with Crippen LogP contribution in [0.15, 0.2) is 24.3 Å². The fourth-order valence-electron chi connectivity index (χ4n) is 5.07. The van der Waals surface area contributed by atoms with Crippen LogP contribution in [-0.4, -0.2) is 56.3 Å². The number of rotatable bonds is 2. The Bertz CT molecular complexity index is 1350. The zero-order valence-corrected chi connectivity index (χ0v) is 17.8. The molecule has 1 amide bonds. The van der Waals surface area contributed by atoms with Crippen LogP contribution >= 0.6 is 0 Å². The summed E-state index contributed by atoms with van der Waals surface area (Å²) in [6.45, 7) is 4.72. The van der Waals surface area contributed by atoms with Crippen LogP contribution in [0.4, 0.5) is 0 Å². The number of carbonyl (C=O) groups is 3. The van der Waals surface area contributed by atoms with Crippen molar-refractivity contribution in [3.63, 3.8) is 0 Å². The van der Waals surface area contributed by atoms with Crippen molar-refractivity contribution >= 4 is 28.2 Å². The molecule has 2 aromatic carbocycles. The number of amides is 1. The van der Waals surface area contributed by atoms with Gasteiger partial charge in [0.05, 0.1) is 22.3 Å². The molecule has 0 bridgehead atoms. The van der Waals surface area contributed by atoms with Gasteiger partial charge in [0.2, 0.25) is 11.6 Å². The third-order valence-electron chi connectivity index (χ3n) is 6.62. The quantitative estimate of drug-likeness (QED) is 0.417. The molecule has 1 aliphatic carbocycles. The monoisotopic (exact) mass is 433 g/mol. The van der Waals surface area contributed by atoms with Crippen LogP contribution in [0.5, 0.6) is 11.5 Å². The molecule has 3 aromatic rings. The number of fused-ring (bicyclic) bond motifs is 3. The van der Waals surface area contributed by atoms with E-state index in [1.807, 2.05) is 6.92 Å². The topological polar surface area (TPSA) is 126 Å². The summed E-state index contributed by atoms with van der Waals surface area (Å²) in [5, 5.41) is 22.4. The van der Waals surface area contributed by atoms with Gasteiger partial charge in [0, 0.05) is 42.1 Å². The maximum atomic E-state index is 13.7. The summed E-state index contributed by atoms with van der Waals surface area (Å²) < 4.78 is 1.63. The van der Waals surface area contributed by atoms with Crippen molar-refractivity contribution < 1.29 is 24.6 Å². The van der Waals surface area contributed by atoms with E-state index in [4.69, 9.17) is 5.73 Å². The summed E-state index contributed by atoms with van der Waals surface area (Å²) >= 11 is 0. The highest BCUT2D eigenvalue weighted by molar-refractivity contribution is 6.34. The SMILES string of the molecule is CCn1c(C)c(C(=O)N2CC[C@H](N)C2)c2c1C(=O)c1c(c(O)c3ccccc3c1O)C2=O. The molecule has 1 aliphatic heterocycles. The first-order chi connectivity index (χ1) is 15.3. The van der Waals surface area contributed by atoms with Crippen LogP contribution in [-0.2, 0) is 6.54 Å². The first kappa shape index (κ1) is 20.3. The molecule has 8 nitrogen and oxygen atoms in total. The van der Waals surface area contributed by atoms with Crippen LogP contribution in [0.1, 0.15) is 61.4 Å². The predicted molar refractivity (Wildman–Crippen MR) is 117 cm³/mol. The van der Waals surface area contributed by atoms with E-state index in [-0.39, 0.29) is 62.2 Å². The maximum absolute atomic E-state index is 13.7. The number of likely N-dealkylation sites (tertiary alicyclic amines) is 1. The molecule has 0 radical (unpaired) electrons. The van der Waals surface area contributed by atoms with Gasteiger partial charge in [-0.2, -0.15) is 0 Å². The van der Waals surface area contributed by atoms with Crippen molar-refractivity contribution in [3.05, 3.63) is 57.9 Å². The Labute approximate surface area is 183 Å². The number of phenols is 2. The average Bonchev–Trinajstić information content (AvgIpc) is 3.35. The van der Waals surface area contributed by atoms with Gasteiger partial charge < -0.3 is 25.4 Å². The van der Waals surface area contributed by atoms with Crippen LogP contribution in [0.3, 0.4) is 0 Å². The van der Waals surface area contributed by atoms with Crippen LogP contribution in [0, 0.1) is 6.92 Å². The van der Waals surface area contributed by atoms with Crippen molar-refractivity contribution in [2.24, 2.45) is 5.73 Å². The Morgan fingerprint density at radius 1 is 1.06 bits per heavy atom. The summed E-state index contributed by atoms with van der Waals surface area (Å²) in [4.78, 5) is 42.4. The lowest BCUT2D eigenvalue weighted by atomic mass is 9.82. The summed E-state index contributed by atoms with van der Waals surface area (Å²) in [6.07, 6.45) is 0.665. The fourth-order valence-corrected chi connectivity index (χ4v) is 5.07. The van der Waals surface area contributed by atoms with Gasteiger partial charge in [-0.15, -0.1) is 0 Å².